The van der Waals surface area contributed by atoms with E-state index in [4.69, 9.17) is 0 Å². The second kappa shape index (κ2) is 14.9. The highest BCUT2D eigenvalue weighted by atomic mass is 28.3. The zero-order valence-electron chi connectivity index (χ0n) is 37.6. The van der Waals surface area contributed by atoms with Gasteiger partial charge < -0.3 is 9.13 Å². The van der Waals surface area contributed by atoms with E-state index in [1.54, 1.807) is 0 Å². The van der Waals surface area contributed by atoms with Gasteiger partial charge >= 0.3 is 0 Å². The van der Waals surface area contributed by atoms with Crippen LogP contribution in [-0.2, 0) is 10.8 Å². The van der Waals surface area contributed by atoms with Gasteiger partial charge in [-0.3, -0.25) is 0 Å². The fourth-order valence-electron chi connectivity index (χ4n) is 11.7. The molecule has 0 saturated carbocycles. The van der Waals surface area contributed by atoms with Gasteiger partial charge in [0.05, 0.1) is 22.1 Å². The standard InChI is InChI=1S/C62H52N2Si/c1-61(2)39-40-62(3,4)56-42-48(37-38-55(56)61)65(45-24-10-6-11-25-45,46-26-12-7-13-27-46)47-28-18-23-44(41-47)64-58-36-17-15-30-50(58)52-32-20-34-54(60(52)64)53-33-19-31-51-49-29-14-16-35-57(49)63(59(51)53)43-21-8-5-9-22-43/h5-38,41-42H,39-40H2,1-4H3. The van der Waals surface area contributed by atoms with Crippen molar-refractivity contribution in [2.24, 2.45) is 0 Å². The lowest BCUT2D eigenvalue weighted by Gasteiger charge is -2.43. The molecule has 0 saturated heterocycles. The quantitative estimate of drug-likeness (QED) is 0.112. The predicted octanol–water partition coefficient (Wildman–Crippen LogP) is 13.3. The maximum Gasteiger partial charge on any atom is 0.179 e. The first-order valence-corrected chi connectivity index (χ1v) is 25.2. The Morgan fingerprint density at radius 2 is 0.754 bits per heavy atom. The van der Waals surface area contributed by atoms with E-state index >= 15 is 0 Å². The number of aromatic nitrogens is 2. The molecule has 65 heavy (non-hydrogen) atoms. The number of nitrogens with zero attached hydrogens (tertiary/aromatic N) is 2. The van der Waals surface area contributed by atoms with Gasteiger partial charge in [0.1, 0.15) is 0 Å². The summed E-state index contributed by atoms with van der Waals surface area (Å²) in [6, 6.07) is 82.6. The lowest BCUT2D eigenvalue weighted by Crippen LogP contribution is -2.75. The van der Waals surface area contributed by atoms with Crippen molar-refractivity contribution in [3.05, 3.63) is 230 Å². The van der Waals surface area contributed by atoms with E-state index in [1.165, 1.54) is 105 Å². The molecule has 2 nitrogen and oxygen atoms in total. The molecule has 0 atom stereocenters. The molecule has 0 amide bonds. The van der Waals surface area contributed by atoms with E-state index in [0.29, 0.717) is 0 Å². The molecule has 1 aliphatic carbocycles. The molecule has 3 heteroatoms. The molecule has 2 heterocycles. The predicted molar refractivity (Wildman–Crippen MR) is 279 cm³/mol. The van der Waals surface area contributed by atoms with E-state index in [2.05, 4.69) is 255 Å². The molecule has 0 aliphatic heterocycles. The van der Waals surface area contributed by atoms with Gasteiger partial charge in [0.15, 0.2) is 8.07 Å². The fraction of sp³-hybridized carbons (Fsp3) is 0.129. The molecular formula is C62H52N2Si. The van der Waals surface area contributed by atoms with Crippen molar-refractivity contribution >= 4 is 72.4 Å². The monoisotopic (exact) mass is 852 g/mol. The summed E-state index contributed by atoms with van der Waals surface area (Å²) in [6.45, 7) is 9.79. The first-order valence-electron chi connectivity index (χ1n) is 23.2. The molecule has 0 radical (unpaired) electrons. The van der Waals surface area contributed by atoms with Crippen molar-refractivity contribution in [3.8, 4) is 22.5 Å². The second-order valence-corrected chi connectivity index (χ2v) is 23.3. The van der Waals surface area contributed by atoms with Crippen molar-refractivity contribution < 1.29 is 0 Å². The maximum absolute atomic E-state index is 2.94. The molecule has 0 fully saturated rings. The molecular weight excluding hydrogens is 801 g/mol. The van der Waals surface area contributed by atoms with Gasteiger partial charge in [-0.1, -0.05) is 210 Å². The van der Waals surface area contributed by atoms with Gasteiger partial charge in [0.25, 0.3) is 0 Å². The lowest BCUT2D eigenvalue weighted by molar-refractivity contribution is 0.332. The van der Waals surface area contributed by atoms with Crippen LogP contribution in [0.2, 0.25) is 0 Å². The minimum absolute atomic E-state index is 0.0741. The Hall–Kier alpha value is -7.20. The normalized spacial score (nSPS) is 14.6. The molecule has 0 unspecified atom stereocenters. The van der Waals surface area contributed by atoms with Crippen LogP contribution in [-0.4, -0.2) is 17.2 Å². The average molecular weight is 853 g/mol. The summed E-state index contributed by atoms with van der Waals surface area (Å²) in [5, 5.41) is 10.6. The maximum atomic E-state index is 2.64. The van der Waals surface area contributed by atoms with Crippen LogP contribution in [0.4, 0.5) is 0 Å². The van der Waals surface area contributed by atoms with Gasteiger partial charge in [-0.2, -0.15) is 0 Å². The topological polar surface area (TPSA) is 9.86 Å². The van der Waals surface area contributed by atoms with Crippen molar-refractivity contribution in [2.75, 3.05) is 0 Å². The summed E-state index contributed by atoms with van der Waals surface area (Å²) in [4.78, 5) is 0. The SMILES string of the molecule is CC1(C)CCC(C)(C)c2cc([Si](c3ccccc3)(c3ccccc3)c3cccc(-n4c5ccccc5c5cccc(-c6cccc7c8ccccc8n(-c8ccccc8)c67)c54)c3)ccc21. The van der Waals surface area contributed by atoms with Crippen LogP contribution in [0.3, 0.4) is 0 Å². The first kappa shape index (κ1) is 39.4. The largest absolute Gasteiger partial charge is 0.309 e. The van der Waals surface area contributed by atoms with Gasteiger partial charge in [0.2, 0.25) is 0 Å². The Morgan fingerprint density at radius 3 is 1.32 bits per heavy atom. The van der Waals surface area contributed by atoms with Crippen LogP contribution in [0.25, 0.3) is 66.1 Å². The van der Waals surface area contributed by atoms with Crippen LogP contribution in [0.1, 0.15) is 51.7 Å². The molecule has 9 aromatic carbocycles. The molecule has 2 aromatic heterocycles. The minimum Gasteiger partial charge on any atom is -0.309 e. The summed E-state index contributed by atoms with van der Waals surface area (Å²) in [5.41, 5.74) is 12.8. The van der Waals surface area contributed by atoms with E-state index in [-0.39, 0.29) is 10.8 Å². The Morgan fingerprint density at radius 1 is 0.338 bits per heavy atom. The van der Waals surface area contributed by atoms with E-state index in [9.17, 15) is 0 Å². The van der Waals surface area contributed by atoms with Crippen molar-refractivity contribution in [1.82, 2.24) is 9.13 Å². The highest BCUT2D eigenvalue weighted by Gasteiger charge is 2.44. The van der Waals surface area contributed by atoms with E-state index in [1.807, 2.05) is 0 Å². The lowest BCUT2D eigenvalue weighted by atomic mass is 9.63. The van der Waals surface area contributed by atoms with Crippen LogP contribution in [0.5, 0.6) is 0 Å². The van der Waals surface area contributed by atoms with Crippen LogP contribution >= 0.6 is 0 Å². The number of fused-ring (bicyclic) bond motifs is 7. The summed E-state index contributed by atoms with van der Waals surface area (Å²) < 4.78 is 5.03. The summed E-state index contributed by atoms with van der Waals surface area (Å²) in [7, 11) is -2.94. The highest BCUT2D eigenvalue weighted by Crippen LogP contribution is 2.46. The number of rotatable bonds is 7. The Balaban J connectivity index is 1.17. The van der Waals surface area contributed by atoms with Crippen LogP contribution in [0.15, 0.2) is 218 Å². The van der Waals surface area contributed by atoms with Crippen molar-refractivity contribution in [3.63, 3.8) is 0 Å². The molecule has 0 bridgehead atoms. The molecule has 12 rings (SSSR count). The first-order chi connectivity index (χ1) is 31.8. The second-order valence-electron chi connectivity index (χ2n) is 19.5. The average Bonchev–Trinajstić information content (AvgIpc) is 3.88. The number of hydrogen-bond donors (Lipinski definition) is 0. The van der Waals surface area contributed by atoms with Gasteiger partial charge in [-0.25, -0.2) is 0 Å². The minimum atomic E-state index is -2.94. The third-order valence-electron chi connectivity index (χ3n) is 14.9. The Labute approximate surface area is 383 Å². The molecule has 0 spiro atoms. The summed E-state index contributed by atoms with van der Waals surface area (Å²) >= 11 is 0. The van der Waals surface area contributed by atoms with E-state index < -0.39 is 8.07 Å². The Bertz CT molecular complexity index is 3550. The van der Waals surface area contributed by atoms with Crippen LogP contribution in [0, 0.1) is 0 Å². The highest BCUT2D eigenvalue weighted by molar-refractivity contribution is 7.20. The summed E-state index contributed by atoms with van der Waals surface area (Å²) in [5.74, 6) is 0. The van der Waals surface area contributed by atoms with Crippen molar-refractivity contribution in [1.29, 1.82) is 0 Å². The van der Waals surface area contributed by atoms with Crippen molar-refractivity contribution in [2.45, 2.75) is 51.4 Å². The molecule has 1 aliphatic rings. The molecule has 314 valence electrons. The van der Waals surface area contributed by atoms with Gasteiger partial charge in [0, 0.05) is 44.0 Å². The number of benzene rings is 9. The fourth-order valence-corrected chi connectivity index (χ4v) is 16.5. The van der Waals surface area contributed by atoms with Gasteiger partial charge in [-0.05, 0) is 91.9 Å². The Kier molecular flexibility index (Phi) is 9.05. The number of para-hydroxylation sites is 5. The molecule has 11 aromatic rings. The van der Waals surface area contributed by atoms with Crippen LogP contribution < -0.4 is 20.7 Å². The van der Waals surface area contributed by atoms with E-state index in [0.717, 1.165) is 5.69 Å². The third kappa shape index (κ3) is 5.99. The number of hydrogen-bond acceptors (Lipinski definition) is 0. The third-order valence-corrected chi connectivity index (χ3v) is 19.7. The molecule has 0 N–H and O–H groups in total. The van der Waals surface area contributed by atoms with Gasteiger partial charge in [-0.15, -0.1) is 0 Å². The summed E-state index contributed by atoms with van der Waals surface area (Å²) in [6.07, 6.45) is 2.37. The smallest absolute Gasteiger partial charge is 0.179 e. The zero-order valence-corrected chi connectivity index (χ0v) is 38.6. The zero-order chi connectivity index (χ0) is 43.9.